The molecule has 0 spiro atoms. The Morgan fingerprint density at radius 1 is 1.28 bits per heavy atom. The third-order valence-corrected chi connectivity index (χ3v) is 6.38. The summed E-state index contributed by atoms with van der Waals surface area (Å²) < 4.78 is 17.0. The monoisotopic (exact) mass is 400 g/mol. The Kier molecular flexibility index (Phi) is 3.88. The Balaban J connectivity index is 1.70. The first-order valence-corrected chi connectivity index (χ1v) is 9.70. The first-order valence-electron chi connectivity index (χ1n) is 9.70. The number of aromatic carboxylic acids is 1. The zero-order valence-corrected chi connectivity index (χ0v) is 15.8. The normalized spacial score (nSPS) is 26.1. The number of nitrogens with zero attached hydrogens (tertiary/aromatic N) is 2. The number of carboxylic acids is 1. The molecule has 0 radical (unpaired) electrons. The van der Waals surface area contributed by atoms with Crippen molar-refractivity contribution >= 4 is 22.6 Å². The molecule has 0 amide bonds. The lowest BCUT2D eigenvalue weighted by molar-refractivity contribution is 0.0364. The number of rotatable bonds is 3. The molecule has 1 aromatic carbocycles. The fourth-order valence-corrected chi connectivity index (χ4v) is 4.84. The maximum atomic E-state index is 15.2. The standard InChI is InChI=1S/C21H21FN2O5/c1-9-17-12(19(26)14(21(28)29)8-24(17)11-2-3-11)5-15(22)18(9)23-6-10-4-16(25)20(27)13(10)7-23/h4-5,8,11,13,16,20,25,27H,2-3,6-7H2,1H3,(H,28,29). The highest BCUT2D eigenvalue weighted by molar-refractivity contribution is 5.95. The van der Waals surface area contributed by atoms with Crippen LogP contribution in [-0.2, 0) is 0 Å². The van der Waals surface area contributed by atoms with Crippen molar-refractivity contribution in [2.45, 2.75) is 38.0 Å². The zero-order valence-electron chi connectivity index (χ0n) is 15.8. The fourth-order valence-electron chi connectivity index (χ4n) is 4.84. The summed E-state index contributed by atoms with van der Waals surface area (Å²) in [5, 5.41) is 29.4. The van der Waals surface area contributed by atoms with Gasteiger partial charge in [-0.25, -0.2) is 9.18 Å². The van der Waals surface area contributed by atoms with Gasteiger partial charge in [0.2, 0.25) is 5.43 Å². The number of carbonyl (C=O) groups is 1. The summed E-state index contributed by atoms with van der Waals surface area (Å²) in [6.45, 7) is 2.50. The Labute approximate surface area is 165 Å². The number of aromatic nitrogens is 1. The molecule has 1 saturated heterocycles. The number of aryl methyl sites for hydroxylation is 1. The van der Waals surface area contributed by atoms with E-state index in [0.29, 0.717) is 29.9 Å². The number of carboxylic acid groups (broad SMARTS) is 1. The van der Waals surface area contributed by atoms with Crippen LogP contribution >= 0.6 is 0 Å². The minimum atomic E-state index is -1.32. The third kappa shape index (κ3) is 2.63. The van der Waals surface area contributed by atoms with Crippen molar-refractivity contribution in [3.05, 3.63) is 51.1 Å². The van der Waals surface area contributed by atoms with Crippen LogP contribution in [0.5, 0.6) is 0 Å². The van der Waals surface area contributed by atoms with Crippen molar-refractivity contribution in [1.29, 1.82) is 0 Å². The summed E-state index contributed by atoms with van der Waals surface area (Å²) in [6, 6.07) is 1.24. The molecule has 2 aromatic rings. The van der Waals surface area contributed by atoms with E-state index < -0.39 is 29.4 Å². The first kappa shape index (κ1) is 18.3. The van der Waals surface area contributed by atoms with E-state index in [9.17, 15) is 24.9 Å². The van der Waals surface area contributed by atoms with Crippen LogP contribution in [0.4, 0.5) is 10.1 Å². The van der Waals surface area contributed by atoms with Gasteiger partial charge in [-0.15, -0.1) is 0 Å². The quantitative estimate of drug-likeness (QED) is 0.676. The largest absolute Gasteiger partial charge is 0.477 e. The van der Waals surface area contributed by atoms with Crippen molar-refractivity contribution in [2.75, 3.05) is 18.0 Å². The van der Waals surface area contributed by atoms with Gasteiger partial charge in [-0.05, 0) is 37.0 Å². The topological polar surface area (TPSA) is 103 Å². The summed E-state index contributed by atoms with van der Waals surface area (Å²) in [5.41, 5.74) is 1.34. The second kappa shape index (κ2) is 6.14. The molecule has 2 aliphatic carbocycles. The van der Waals surface area contributed by atoms with Crippen molar-refractivity contribution in [3.63, 3.8) is 0 Å². The van der Waals surface area contributed by atoms with Gasteiger partial charge in [-0.1, -0.05) is 6.08 Å². The van der Waals surface area contributed by atoms with Crippen molar-refractivity contribution in [1.82, 2.24) is 4.57 Å². The lowest BCUT2D eigenvalue weighted by atomic mass is 10.0. The highest BCUT2D eigenvalue weighted by atomic mass is 19.1. The summed E-state index contributed by atoms with van der Waals surface area (Å²) in [7, 11) is 0. The minimum Gasteiger partial charge on any atom is -0.477 e. The maximum Gasteiger partial charge on any atom is 0.341 e. The lowest BCUT2D eigenvalue weighted by Gasteiger charge is -2.25. The van der Waals surface area contributed by atoms with Crippen LogP contribution in [0.15, 0.2) is 28.7 Å². The van der Waals surface area contributed by atoms with Gasteiger partial charge in [-0.3, -0.25) is 4.79 Å². The fraction of sp³-hybridized carbons (Fsp3) is 0.429. The number of pyridine rings is 1. The van der Waals surface area contributed by atoms with Gasteiger partial charge in [0, 0.05) is 36.6 Å². The minimum absolute atomic E-state index is 0.0737. The molecule has 2 heterocycles. The maximum absolute atomic E-state index is 15.2. The van der Waals surface area contributed by atoms with Crippen molar-refractivity contribution in [2.24, 2.45) is 5.92 Å². The molecule has 2 fully saturated rings. The number of hydrogen-bond donors (Lipinski definition) is 3. The van der Waals surface area contributed by atoms with Crippen LogP contribution in [0.1, 0.15) is 34.8 Å². The number of anilines is 1. The van der Waals surface area contributed by atoms with E-state index in [1.165, 1.54) is 6.20 Å². The van der Waals surface area contributed by atoms with Crippen LogP contribution in [0.25, 0.3) is 10.9 Å². The van der Waals surface area contributed by atoms with E-state index in [-0.39, 0.29) is 22.9 Å². The highest BCUT2D eigenvalue weighted by Gasteiger charge is 2.42. The van der Waals surface area contributed by atoms with Crippen LogP contribution in [0, 0.1) is 18.7 Å². The Hall–Kier alpha value is -2.71. The number of aliphatic hydroxyl groups excluding tert-OH is 2. The number of hydrogen-bond acceptors (Lipinski definition) is 5. The van der Waals surface area contributed by atoms with Gasteiger partial charge in [0.1, 0.15) is 11.4 Å². The number of benzene rings is 1. The predicted molar refractivity (Wildman–Crippen MR) is 104 cm³/mol. The van der Waals surface area contributed by atoms with Gasteiger partial charge < -0.3 is 24.8 Å². The first-order chi connectivity index (χ1) is 13.8. The lowest BCUT2D eigenvalue weighted by Crippen LogP contribution is -2.32. The molecule has 1 aliphatic heterocycles. The number of halogens is 1. The summed E-state index contributed by atoms with van der Waals surface area (Å²) in [6.07, 6.45) is 2.97. The molecular weight excluding hydrogens is 379 g/mol. The second-order valence-electron chi connectivity index (χ2n) is 8.25. The molecular formula is C21H21FN2O5. The van der Waals surface area contributed by atoms with E-state index in [1.54, 1.807) is 17.6 Å². The Morgan fingerprint density at radius 3 is 2.62 bits per heavy atom. The average molecular weight is 400 g/mol. The molecule has 29 heavy (non-hydrogen) atoms. The van der Waals surface area contributed by atoms with Gasteiger partial charge in [0.05, 0.1) is 23.4 Å². The van der Waals surface area contributed by atoms with E-state index in [2.05, 4.69) is 0 Å². The van der Waals surface area contributed by atoms with Gasteiger partial charge >= 0.3 is 5.97 Å². The highest BCUT2D eigenvalue weighted by Crippen LogP contribution is 2.42. The van der Waals surface area contributed by atoms with Crippen LogP contribution in [0.2, 0.25) is 0 Å². The number of fused-ring (bicyclic) bond motifs is 2. The van der Waals surface area contributed by atoms with Crippen molar-refractivity contribution < 1.29 is 24.5 Å². The Morgan fingerprint density at radius 2 is 2.00 bits per heavy atom. The molecule has 7 nitrogen and oxygen atoms in total. The Bertz CT molecular complexity index is 1150. The predicted octanol–water partition coefficient (Wildman–Crippen LogP) is 1.58. The number of aliphatic hydroxyl groups is 2. The molecule has 3 unspecified atom stereocenters. The zero-order chi connectivity index (χ0) is 20.6. The van der Waals surface area contributed by atoms with Crippen LogP contribution < -0.4 is 10.3 Å². The molecule has 3 N–H and O–H groups in total. The molecule has 1 aromatic heterocycles. The smallest absolute Gasteiger partial charge is 0.341 e. The molecule has 0 bridgehead atoms. The third-order valence-electron chi connectivity index (χ3n) is 6.38. The van der Waals surface area contributed by atoms with Gasteiger partial charge in [-0.2, -0.15) is 0 Å². The van der Waals surface area contributed by atoms with E-state index in [1.807, 2.05) is 4.90 Å². The summed E-state index contributed by atoms with van der Waals surface area (Å²) in [5.74, 6) is -2.16. The molecule has 3 atom stereocenters. The second-order valence-corrected chi connectivity index (χ2v) is 8.25. The van der Waals surface area contributed by atoms with Gasteiger partial charge in [0.15, 0.2) is 0 Å². The summed E-state index contributed by atoms with van der Waals surface area (Å²) in [4.78, 5) is 26.0. The molecule has 1 saturated carbocycles. The molecule has 152 valence electrons. The van der Waals surface area contributed by atoms with Gasteiger partial charge in [0.25, 0.3) is 0 Å². The van der Waals surface area contributed by atoms with E-state index >= 15 is 4.39 Å². The van der Waals surface area contributed by atoms with E-state index in [0.717, 1.165) is 24.5 Å². The molecule has 5 rings (SSSR count). The van der Waals surface area contributed by atoms with Crippen LogP contribution in [-0.4, -0.2) is 51.2 Å². The molecule has 8 heteroatoms. The van der Waals surface area contributed by atoms with E-state index in [4.69, 9.17) is 0 Å². The average Bonchev–Trinajstić information content (AvgIpc) is 3.37. The molecule has 3 aliphatic rings. The summed E-state index contributed by atoms with van der Waals surface area (Å²) >= 11 is 0. The van der Waals surface area contributed by atoms with Crippen molar-refractivity contribution in [3.8, 4) is 0 Å². The SMILES string of the molecule is Cc1c(N2CC3=CC(O)C(O)C3C2)c(F)cc2c(=O)c(C(=O)O)cn(C3CC3)c12. The van der Waals surface area contributed by atoms with Crippen LogP contribution in [0.3, 0.4) is 0 Å².